The molecule has 3 N–H and O–H groups in total. The third kappa shape index (κ3) is 3.35. The number of nitrogens with zero attached hydrogens (tertiary/aromatic N) is 1. The van der Waals surface area contributed by atoms with Crippen LogP contribution in [0.1, 0.15) is 36.7 Å². The van der Waals surface area contributed by atoms with E-state index in [1.807, 2.05) is 18.2 Å². The molecule has 0 bridgehead atoms. The van der Waals surface area contributed by atoms with Crippen molar-refractivity contribution in [3.8, 4) is 0 Å². The number of rotatable bonds is 2. The summed E-state index contributed by atoms with van der Waals surface area (Å²) in [6, 6.07) is 11.1. The molecule has 0 aliphatic rings. The molecule has 1 amide bonds. The minimum atomic E-state index is -0.191. The van der Waals surface area contributed by atoms with Crippen LogP contribution in [0.25, 0.3) is 0 Å². The number of hydrogen-bond donors (Lipinski definition) is 2. The lowest BCUT2D eigenvalue weighted by atomic mass is 9.87. The molecule has 0 spiro atoms. The maximum atomic E-state index is 12.1. The number of nitrogens with two attached hydrogens (primary N) is 1. The summed E-state index contributed by atoms with van der Waals surface area (Å²) in [5.74, 6) is 0.208. The van der Waals surface area contributed by atoms with Crippen LogP contribution in [0.4, 0.5) is 11.5 Å². The molecule has 104 valence electrons. The van der Waals surface area contributed by atoms with E-state index >= 15 is 0 Å². The van der Waals surface area contributed by atoms with E-state index in [9.17, 15) is 4.79 Å². The molecule has 0 fully saturated rings. The Bertz CT molecular complexity index is 612. The van der Waals surface area contributed by atoms with Crippen LogP contribution in [0, 0.1) is 0 Å². The fourth-order valence-corrected chi connectivity index (χ4v) is 1.81. The maximum Gasteiger partial charge on any atom is 0.257 e. The van der Waals surface area contributed by atoms with Crippen molar-refractivity contribution < 1.29 is 4.79 Å². The van der Waals surface area contributed by atoms with Gasteiger partial charge in [0.2, 0.25) is 0 Å². The average Bonchev–Trinajstić information content (AvgIpc) is 2.38. The molecule has 1 heterocycles. The lowest BCUT2D eigenvalue weighted by Crippen LogP contribution is -2.15. The smallest absolute Gasteiger partial charge is 0.257 e. The summed E-state index contributed by atoms with van der Waals surface area (Å²) < 4.78 is 0. The molecule has 0 atom stereocenters. The van der Waals surface area contributed by atoms with Crippen molar-refractivity contribution in [2.75, 3.05) is 11.1 Å². The molecule has 4 heteroatoms. The standard InChI is InChI=1S/C16H19N3O/c1-16(2,3)12-5-4-6-13(9-12)19-15(20)11-7-8-14(17)18-10-11/h4-10H,1-3H3,(H2,17,18)(H,19,20). The molecule has 2 aromatic rings. The number of carbonyl (C=O) groups is 1. The van der Waals surface area contributed by atoms with Gasteiger partial charge in [0, 0.05) is 11.9 Å². The monoisotopic (exact) mass is 269 g/mol. The van der Waals surface area contributed by atoms with Gasteiger partial charge in [-0.25, -0.2) is 4.98 Å². The lowest BCUT2D eigenvalue weighted by molar-refractivity contribution is 0.102. The number of carbonyl (C=O) groups excluding carboxylic acids is 1. The average molecular weight is 269 g/mol. The molecular formula is C16H19N3O. The molecule has 0 radical (unpaired) electrons. The number of amides is 1. The van der Waals surface area contributed by atoms with Gasteiger partial charge in [0.1, 0.15) is 5.82 Å². The second kappa shape index (κ2) is 5.33. The van der Waals surface area contributed by atoms with Crippen molar-refractivity contribution in [3.63, 3.8) is 0 Å². The van der Waals surface area contributed by atoms with Crippen molar-refractivity contribution in [2.24, 2.45) is 0 Å². The minimum Gasteiger partial charge on any atom is -0.384 e. The zero-order valence-corrected chi connectivity index (χ0v) is 12.0. The first-order valence-electron chi connectivity index (χ1n) is 6.50. The quantitative estimate of drug-likeness (QED) is 0.879. The molecule has 0 aliphatic carbocycles. The van der Waals surface area contributed by atoms with Crippen LogP contribution >= 0.6 is 0 Å². The zero-order chi connectivity index (χ0) is 14.8. The Morgan fingerprint density at radius 3 is 2.55 bits per heavy atom. The molecule has 2 rings (SSSR count). The summed E-state index contributed by atoms with van der Waals surface area (Å²) in [6.45, 7) is 6.41. The predicted molar refractivity (Wildman–Crippen MR) is 81.7 cm³/mol. The molecule has 0 aliphatic heterocycles. The molecular weight excluding hydrogens is 250 g/mol. The first-order chi connectivity index (χ1) is 9.36. The number of hydrogen-bond acceptors (Lipinski definition) is 3. The van der Waals surface area contributed by atoms with Crippen LogP contribution < -0.4 is 11.1 Å². The molecule has 0 unspecified atom stereocenters. The molecule has 20 heavy (non-hydrogen) atoms. The summed E-state index contributed by atoms with van der Waals surface area (Å²) in [5.41, 5.74) is 7.98. The molecule has 0 saturated carbocycles. The van der Waals surface area contributed by atoms with Gasteiger partial charge in [0.25, 0.3) is 5.91 Å². The highest BCUT2D eigenvalue weighted by molar-refractivity contribution is 6.04. The van der Waals surface area contributed by atoms with Crippen LogP contribution in [0.5, 0.6) is 0 Å². The highest BCUT2D eigenvalue weighted by Gasteiger charge is 2.14. The van der Waals surface area contributed by atoms with Gasteiger partial charge in [0.15, 0.2) is 0 Å². The van der Waals surface area contributed by atoms with Crippen molar-refractivity contribution in [1.29, 1.82) is 0 Å². The summed E-state index contributed by atoms with van der Waals surface area (Å²) in [5, 5.41) is 2.87. The van der Waals surface area contributed by atoms with Crippen LogP contribution in [0.15, 0.2) is 42.6 Å². The van der Waals surface area contributed by atoms with Gasteiger partial charge < -0.3 is 11.1 Å². The third-order valence-electron chi connectivity index (χ3n) is 3.04. The number of nitrogen functional groups attached to an aromatic ring is 1. The van der Waals surface area contributed by atoms with Gasteiger partial charge in [-0.2, -0.15) is 0 Å². The molecule has 1 aromatic heterocycles. The van der Waals surface area contributed by atoms with E-state index in [1.165, 1.54) is 11.8 Å². The van der Waals surface area contributed by atoms with Gasteiger partial charge in [-0.15, -0.1) is 0 Å². The Kier molecular flexibility index (Phi) is 3.74. The second-order valence-corrected chi connectivity index (χ2v) is 5.76. The first kappa shape index (κ1) is 14.1. The SMILES string of the molecule is CC(C)(C)c1cccc(NC(=O)c2ccc(N)nc2)c1. The fourth-order valence-electron chi connectivity index (χ4n) is 1.81. The first-order valence-corrected chi connectivity index (χ1v) is 6.50. The van der Waals surface area contributed by atoms with Gasteiger partial charge in [-0.3, -0.25) is 4.79 Å². The normalized spacial score (nSPS) is 11.2. The van der Waals surface area contributed by atoms with Crippen LogP contribution in [0.3, 0.4) is 0 Å². The number of pyridine rings is 1. The van der Waals surface area contributed by atoms with Gasteiger partial charge in [-0.05, 0) is 35.2 Å². The Hall–Kier alpha value is -2.36. The number of nitrogens with one attached hydrogen (secondary N) is 1. The van der Waals surface area contributed by atoms with Gasteiger partial charge in [0.05, 0.1) is 5.56 Å². The summed E-state index contributed by atoms with van der Waals surface area (Å²) >= 11 is 0. The highest BCUT2D eigenvalue weighted by atomic mass is 16.1. The van der Waals surface area contributed by atoms with E-state index in [0.717, 1.165) is 5.69 Å². The van der Waals surface area contributed by atoms with Crippen molar-refractivity contribution in [3.05, 3.63) is 53.7 Å². The van der Waals surface area contributed by atoms with E-state index in [1.54, 1.807) is 12.1 Å². The van der Waals surface area contributed by atoms with Gasteiger partial charge >= 0.3 is 0 Å². The molecule has 1 aromatic carbocycles. The Morgan fingerprint density at radius 1 is 1.20 bits per heavy atom. The number of benzene rings is 1. The largest absolute Gasteiger partial charge is 0.384 e. The topological polar surface area (TPSA) is 68.0 Å². The second-order valence-electron chi connectivity index (χ2n) is 5.76. The molecule has 0 saturated heterocycles. The predicted octanol–water partition coefficient (Wildman–Crippen LogP) is 3.21. The lowest BCUT2D eigenvalue weighted by Gasteiger charge is -2.19. The van der Waals surface area contributed by atoms with E-state index in [2.05, 4.69) is 37.1 Å². The summed E-state index contributed by atoms with van der Waals surface area (Å²) in [4.78, 5) is 16.0. The van der Waals surface area contributed by atoms with Gasteiger partial charge in [-0.1, -0.05) is 32.9 Å². The fraction of sp³-hybridized carbons (Fsp3) is 0.250. The van der Waals surface area contributed by atoms with E-state index in [4.69, 9.17) is 5.73 Å². The number of anilines is 2. The van der Waals surface area contributed by atoms with Crippen LogP contribution in [-0.2, 0) is 5.41 Å². The van der Waals surface area contributed by atoms with E-state index in [-0.39, 0.29) is 11.3 Å². The van der Waals surface area contributed by atoms with Crippen molar-refractivity contribution in [2.45, 2.75) is 26.2 Å². The van der Waals surface area contributed by atoms with Crippen LogP contribution in [0.2, 0.25) is 0 Å². The third-order valence-corrected chi connectivity index (χ3v) is 3.04. The van der Waals surface area contributed by atoms with E-state index in [0.29, 0.717) is 11.4 Å². The minimum absolute atomic E-state index is 0.0451. The Labute approximate surface area is 119 Å². The van der Waals surface area contributed by atoms with Crippen molar-refractivity contribution >= 4 is 17.4 Å². The molecule has 4 nitrogen and oxygen atoms in total. The van der Waals surface area contributed by atoms with Crippen molar-refractivity contribution in [1.82, 2.24) is 4.98 Å². The number of aromatic nitrogens is 1. The summed E-state index contributed by atoms with van der Waals surface area (Å²) in [6.07, 6.45) is 1.47. The Morgan fingerprint density at radius 2 is 1.95 bits per heavy atom. The zero-order valence-electron chi connectivity index (χ0n) is 12.0. The van der Waals surface area contributed by atoms with E-state index < -0.39 is 0 Å². The summed E-state index contributed by atoms with van der Waals surface area (Å²) in [7, 11) is 0. The Balaban J connectivity index is 2.18. The van der Waals surface area contributed by atoms with Crippen LogP contribution in [-0.4, -0.2) is 10.9 Å². The maximum absolute atomic E-state index is 12.1. The highest BCUT2D eigenvalue weighted by Crippen LogP contribution is 2.24.